The predicted molar refractivity (Wildman–Crippen MR) is 254 cm³/mol. The van der Waals surface area contributed by atoms with E-state index in [4.69, 9.17) is 31.7 Å². The summed E-state index contributed by atoms with van der Waals surface area (Å²) in [6, 6.07) is 10.9. The molecule has 0 radical (unpaired) electrons. The molecule has 19 nitrogen and oxygen atoms in total. The molecular weight excluding hydrogens is 913 g/mol. The Kier molecular flexibility index (Phi) is 13.3. The van der Waals surface area contributed by atoms with Gasteiger partial charge in [0.1, 0.15) is 11.2 Å². The molecule has 1 aromatic heterocycles. The number of H-pyrrole nitrogens is 1. The highest BCUT2D eigenvalue weighted by atomic mass is 32.3. The van der Waals surface area contributed by atoms with Gasteiger partial charge in [-0.3, -0.25) is 38.1 Å². The first-order valence-corrected chi connectivity index (χ1v) is 25.1. The molecule has 3 aromatic rings. The van der Waals surface area contributed by atoms with Gasteiger partial charge in [-0.15, -0.1) is 0 Å². The summed E-state index contributed by atoms with van der Waals surface area (Å²) in [4.78, 5) is 66.0. The van der Waals surface area contributed by atoms with E-state index in [1.807, 2.05) is 50.1 Å². The molecule has 2 saturated heterocycles. The molecule has 1 unspecified atom stereocenters. The van der Waals surface area contributed by atoms with Crippen molar-refractivity contribution in [2.75, 3.05) is 72.0 Å². The van der Waals surface area contributed by atoms with E-state index < -0.39 is 67.8 Å². The number of esters is 2. The highest BCUT2D eigenvalue weighted by Gasteiger charge is 2.80. The third kappa shape index (κ3) is 8.08. The Labute approximate surface area is 402 Å². The number of nitrogens with one attached hydrogen (secondary N) is 3. The third-order valence-electron chi connectivity index (χ3n) is 16.2. The highest BCUT2D eigenvalue weighted by molar-refractivity contribution is 7.79. The number of amides is 2. The van der Waals surface area contributed by atoms with E-state index in [0.29, 0.717) is 82.6 Å². The Morgan fingerprint density at radius 3 is 2.30 bits per heavy atom. The average molecular weight is 979 g/mol. The zero-order valence-electron chi connectivity index (χ0n) is 40.3. The van der Waals surface area contributed by atoms with Crippen LogP contribution in [0.5, 0.6) is 5.75 Å². The molecule has 6 aliphatic rings. The number of hydrogen-bond donors (Lipinski definition) is 7. The molecule has 69 heavy (non-hydrogen) atoms. The van der Waals surface area contributed by atoms with Crippen molar-refractivity contribution in [1.29, 1.82) is 0 Å². The van der Waals surface area contributed by atoms with E-state index in [-0.39, 0.29) is 31.0 Å². The Morgan fingerprint density at radius 1 is 0.942 bits per heavy atom. The van der Waals surface area contributed by atoms with Crippen LogP contribution in [0.3, 0.4) is 0 Å². The van der Waals surface area contributed by atoms with Gasteiger partial charge in [0.05, 0.1) is 25.9 Å². The maximum Gasteiger partial charge on any atom is 0.394 e. The van der Waals surface area contributed by atoms with Crippen LogP contribution in [0.2, 0.25) is 0 Å². The van der Waals surface area contributed by atoms with Crippen molar-refractivity contribution in [2.45, 2.75) is 106 Å². The van der Waals surface area contributed by atoms with Crippen molar-refractivity contribution < 1.29 is 61.1 Å². The number of rotatable bonds is 10. The minimum atomic E-state index is -4.67. The number of piperidine rings is 1. The maximum atomic E-state index is 15.4. The number of likely N-dealkylation sites (N-methyl/N-ethyl adjacent to an activating group) is 1. The standard InChI is InChI=1S/C49H64N6O9.H2O4S/c1-8-45(60)25-31-26-48(44(59)63-7,39-33(15-21-54(27-31)28-45)32-13-10-11-14-36(32)52-39)35-23-34-37(24-38(35)62-6)53(5)41-47(34)17-22-55-20-12-16-46(9-2,40(47)55)42(64-30(4)57)49(41,61)43(58)51-19-18-50-29(3)56;1-5(2,3)4/h10-14,16,23-24,31,40-42,52,60-61H,8-9,15,17-22,25-28H2,1-7H3,(H,50,56)(H,51,58);(H2,1,2,3,4)/t31-,40+,41-,42-,45+,46-,47-,48+,49+;/m1./s1. The van der Waals surface area contributed by atoms with E-state index in [1.54, 1.807) is 7.11 Å². The monoisotopic (exact) mass is 978 g/mol. The summed E-state index contributed by atoms with van der Waals surface area (Å²) < 4.78 is 50.2. The number of carbonyl (C=O) groups is 4. The Bertz CT molecular complexity index is 2670. The zero-order valence-corrected chi connectivity index (χ0v) is 41.2. The number of hydrogen-bond acceptors (Lipinski definition) is 14. The summed E-state index contributed by atoms with van der Waals surface area (Å²) in [5, 5.41) is 32.4. The predicted octanol–water partition coefficient (Wildman–Crippen LogP) is 2.42. The molecule has 6 heterocycles. The minimum Gasteiger partial charge on any atom is -0.496 e. The van der Waals surface area contributed by atoms with Crippen molar-refractivity contribution in [3.63, 3.8) is 0 Å². The average Bonchev–Trinajstić information content (AvgIpc) is 3.96. The van der Waals surface area contributed by atoms with Gasteiger partial charge in [-0.05, 0) is 74.2 Å². The molecule has 20 heteroatoms. The molecule has 1 spiro atoms. The van der Waals surface area contributed by atoms with Crippen molar-refractivity contribution in [3.8, 4) is 5.75 Å². The summed E-state index contributed by atoms with van der Waals surface area (Å²) in [5.41, 5.74) is -1.86. The van der Waals surface area contributed by atoms with Gasteiger partial charge < -0.3 is 44.9 Å². The van der Waals surface area contributed by atoms with Gasteiger partial charge in [0.25, 0.3) is 5.91 Å². The van der Waals surface area contributed by atoms with Gasteiger partial charge in [0, 0.05) is 111 Å². The lowest BCUT2D eigenvalue weighted by Gasteiger charge is -2.63. The largest absolute Gasteiger partial charge is 0.496 e. The highest BCUT2D eigenvalue weighted by Crippen LogP contribution is 2.68. The quantitative estimate of drug-likeness (QED) is 0.0666. The fourth-order valence-electron chi connectivity index (χ4n) is 13.9. The topological polar surface area (TPSA) is 261 Å². The second-order valence-corrected chi connectivity index (χ2v) is 20.8. The SMILES string of the molecule is CC[C@]1(O)C[C@H]2CN(CCc3c([nH]c4ccccc34)[C@@](C(=O)OC)(c3cc4c(cc3OC)N(C)[C@H]3[C@@](O)(C(=O)NCCNC(C)=O)[C@H](OC(C)=O)[C@]5(CC)C=CCN6CC[C@]43[C@@H]65)C2)C1.O=S(=O)(O)O. The van der Waals surface area contributed by atoms with Crippen LogP contribution >= 0.6 is 0 Å². The summed E-state index contributed by atoms with van der Waals surface area (Å²) in [7, 11) is 0.222. The fraction of sp³-hybridized carbons (Fsp3) is 0.592. The van der Waals surface area contributed by atoms with Gasteiger partial charge in [-0.1, -0.05) is 44.2 Å². The van der Waals surface area contributed by atoms with Crippen molar-refractivity contribution in [1.82, 2.24) is 25.4 Å². The molecule has 2 bridgehead atoms. The Hall–Kier alpha value is -5.09. The number of aromatic amines is 1. The zero-order chi connectivity index (χ0) is 50.1. The molecule has 2 amide bonds. The number of aliphatic hydroxyl groups is 2. The smallest absolute Gasteiger partial charge is 0.394 e. The molecule has 1 aliphatic carbocycles. The van der Waals surface area contributed by atoms with Gasteiger partial charge in [-0.25, -0.2) is 0 Å². The number of carbonyl (C=O) groups excluding carboxylic acids is 4. The molecule has 7 N–H and O–H groups in total. The number of nitrogens with zero attached hydrogens (tertiary/aromatic N) is 3. The van der Waals surface area contributed by atoms with E-state index in [2.05, 4.69) is 49.7 Å². The van der Waals surface area contributed by atoms with E-state index in [0.717, 1.165) is 33.4 Å². The number of fused-ring (bicyclic) bond motifs is 6. The van der Waals surface area contributed by atoms with Crippen LogP contribution in [0.25, 0.3) is 10.9 Å². The van der Waals surface area contributed by atoms with Crippen molar-refractivity contribution in [2.24, 2.45) is 11.3 Å². The molecule has 1 saturated carbocycles. The Morgan fingerprint density at radius 2 is 1.65 bits per heavy atom. The maximum absolute atomic E-state index is 15.4. The van der Waals surface area contributed by atoms with E-state index in [9.17, 15) is 19.8 Å². The first kappa shape index (κ1) is 50.3. The van der Waals surface area contributed by atoms with Crippen LogP contribution in [0, 0.1) is 11.3 Å². The van der Waals surface area contributed by atoms with E-state index in [1.165, 1.54) is 21.0 Å². The summed E-state index contributed by atoms with van der Waals surface area (Å²) in [5.74, 6) is -1.72. The summed E-state index contributed by atoms with van der Waals surface area (Å²) in [6.45, 7) is 10.1. The van der Waals surface area contributed by atoms with Gasteiger partial charge in [0.15, 0.2) is 6.10 Å². The molecule has 9 rings (SSSR count). The lowest BCUT2D eigenvalue weighted by atomic mass is 9.47. The Balaban J connectivity index is 0.00000122. The van der Waals surface area contributed by atoms with Gasteiger partial charge >= 0.3 is 22.3 Å². The van der Waals surface area contributed by atoms with Crippen LogP contribution in [-0.4, -0.2) is 163 Å². The van der Waals surface area contributed by atoms with Crippen molar-refractivity contribution >= 4 is 50.7 Å². The second-order valence-electron chi connectivity index (χ2n) is 19.9. The van der Waals surface area contributed by atoms with Crippen molar-refractivity contribution in [3.05, 3.63) is 70.9 Å². The third-order valence-corrected chi connectivity index (χ3v) is 16.2. The summed E-state index contributed by atoms with van der Waals surface area (Å²) >= 11 is 0. The van der Waals surface area contributed by atoms with Gasteiger partial charge in [-0.2, -0.15) is 8.42 Å². The van der Waals surface area contributed by atoms with Gasteiger partial charge in [0.2, 0.25) is 11.5 Å². The number of methoxy groups -OCH3 is 2. The molecular formula is C49H66N6O13S. The van der Waals surface area contributed by atoms with E-state index >= 15 is 9.59 Å². The number of aromatic nitrogens is 1. The molecule has 376 valence electrons. The normalized spacial score (nSPS) is 33.2. The lowest BCUT2D eigenvalue weighted by Crippen LogP contribution is -2.82. The van der Waals surface area contributed by atoms with Crippen LogP contribution in [0.4, 0.5) is 5.69 Å². The van der Waals surface area contributed by atoms with Crippen LogP contribution in [0.1, 0.15) is 82.2 Å². The minimum absolute atomic E-state index is 0.0343. The first-order chi connectivity index (χ1) is 32.6. The number of benzene rings is 2. The second kappa shape index (κ2) is 18.3. The van der Waals surface area contributed by atoms with Crippen LogP contribution in [-0.2, 0) is 56.3 Å². The fourth-order valence-corrected chi connectivity index (χ4v) is 13.9. The first-order valence-electron chi connectivity index (χ1n) is 23.7. The molecule has 2 aromatic carbocycles. The number of ether oxygens (including phenoxy) is 3. The van der Waals surface area contributed by atoms with Crippen LogP contribution in [0.15, 0.2) is 48.6 Å². The lowest BCUT2D eigenvalue weighted by molar-refractivity contribution is -0.218. The molecule has 10 atom stereocenters. The van der Waals surface area contributed by atoms with Crippen LogP contribution < -0.4 is 20.3 Å². The summed E-state index contributed by atoms with van der Waals surface area (Å²) in [6.07, 6.45) is 5.80. The molecule has 3 fully saturated rings. The number of para-hydroxylation sites is 1. The number of anilines is 1. The molecule has 5 aliphatic heterocycles.